The van der Waals surface area contributed by atoms with Gasteiger partial charge >= 0.3 is 0 Å². The molecule has 2 fully saturated rings. The molecular formula is C29H32N6O2. The maximum absolute atomic E-state index is 12.4. The monoisotopic (exact) mass is 496 g/mol. The second kappa shape index (κ2) is 10.6. The zero-order valence-electron chi connectivity index (χ0n) is 20.9. The first-order valence-electron chi connectivity index (χ1n) is 13.3. The summed E-state index contributed by atoms with van der Waals surface area (Å²) < 4.78 is 8.08. The molecule has 0 saturated heterocycles. The van der Waals surface area contributed by atoms with Crippen LogP contribution in [0.4, 0.5) is 5.82 Å². The summed E-state index contributed by atoms with van der Waals surface area (Å²) in [6.07, 6.45) is 10.1. The van der Waals surface area contributed by atoms with Crippen molar-refractivity contribution in [1.29, 1.82) is 0 Å². The van der Waals surface area contributed by atoms with Gasteiger partial charge in [0, 0.05) is 23.2 Å². The fraction of sp³-hybridized carbons (Fsp3) is 0.379. The lowest BCUT2D eigenvalue weighted by atomic mass is 9.95. The Hall–Kier alpha value is -3.94. The Labute approximate surface area is 216 Å². The molecule has 2 aromatic carbocycles. The first-order valence-corrected chi connectivity index (χ1v) is 13.3. The summed E-state index contributed by atoms with van der Waals surface area (Å²) >= 11 is 0. The minimum Gasteiger partial charge on any atom is -0.492 e. The largest absolute Gasteiger partial charge is 0.492 e. The zero-order chi connectivity index (χ0) is 25.0. The van der Waals surface area contributed by atoms with Gasteiger partial charge in [-0.2, -0.15) is 0 Å². The van der Waals surface area contributed by atoms with Crippen LogP contribution in [0.15, 0.2) is 60.9 Å². The number of hydrogen-bond donors (Lipinski definition) is 2. The maximum Gasteiger partial charge on any atom is 0.251 e. The zero-order valence-corrected chi connectivity index (χ0v) is 20.9. The molecule has 190 valence electrons. The molecule has 2 N–H and O–H groups in total. The lowest BCUT2D eigenvalue weighted by Gasteiger charge is -2.23. The van der Waals surface area contributed by atoms with Crippen molar-refractivity contribution in [2.45, 2.75) is 57.0 Å². The molecule has 8 nitrogen and oxygen atoms in total. The summed E-state index contributed by atoms with van der Waals surface area (Å²) in [6.45, 7) is 1.08. The van der Waals surface area contributed by atoms with Gasteiger partial charge in [-0.25, -0.2) is 15.0 Å². The molecule has 0 bridgehead atoms. The molecule has 4 aromatic rings. The third-order valence-electron chi connectivity index (χ3n) is 7.11. The van der Waals surface area contributed by atoms with E-state index in [-0.39, 0.29) is 5.91 Å². The number of anilines is 1. The Morgan fingerprint density at radius 2 is 1.73 bits per heavy atom. The third-order valence-corrected chi connectivity index (χ3v) is 7.11. The molecule has 1 amide bonds. The summed E-state index contributed by atoms with van der Waals surface area (Å²) in [5.41, 5.74) is 3.14. The van der Waals surface area contributed by atoms with E-state index in [0.29, 0.717) is 42.4 Å². The Morgan fingerprint density at radius 3 is 2.49 bits per heavy atom. The van der Waals surface area contributed by atoms with Gasteiger partial charge in [0.15, 0.2) is 17.3 Å². The number of para-hydroxylation sites is 1. The molecular weight excluding hydrogens is 464 g/mol. The van der Waals surface area contributed by atoms with Crippen LogP contribution in [0.3, 0.4) is 0 Å². The van der Waals surface area contributed by atoms with Gasteiger partial charge in [-0.1, -0.05) is 49.6 Å². The lowest BCUT2D eigenvalue weighted by molar-refractivity contribution is 0.0951. The van der Waals surface area contributed by atoms with Crippen molar-refractivity contribution < 1.29 is 9.53 Å². The number of carbonyl (C=O) groups excluding carboxylic acids is 1. The van der Waals surface area contributed by atoms with Crippen molar-refractivity contribution in [2.75, 3.05) is 18.5 Å². The number of carbonyl (C=O) groups is 1. The average Bonchev–Trinajstić information content (AvgIpc) is 3.66. The number of nitrogens with one attached hydrogen (secondary N) is 2. The van der Waals surface area contributed by atoms with Gasteiger partial charge in [0.2, 0.25) is 0 Å². The van der Waals surface area contributed by atoms with E-state index in [1.165, 1.54) is 19.3 Å². The van der Waals surface area contributed by atoms with Crippen molar-refractivity contribution in [3.63, 3.8) is 0 Å². The highest BCUT2D eigenvalue weighted by Gasteiger charge is 2.24. The van der Waals surface area contributed by atoms with Crippen LogP contribution in [-0.2, 0) is 0 Å². The summed E-state index contributed by atoms with van der Waals surface area (Å²) in [6, 6.07) is 18.1. The first-order chi connectivity index (χ1) is 18.2. The number of fused-ring (bicyclic) bond motifs is 1. The van der Waals surface area contributed by atoms with Gasteiger partial charge in [-0.05, 0) is 49.9 Å². The van der Waals surface area contributed by atoms with Crippen molar-refractivity contribution in [3.05, 3.63) is 66.5 Å². The Bertz CT molecular complexity index is 1360. The molecule has 0 aliphatic heterocycles. The number of amides is 1. The third kappa shape index (κ3) is 5.43. The molecule has 0 atom stereocenters. The van der Waals surface area contributed by atoms with E-state index in [0.717, 1.165) is 48.2 Å². The van der Waals surface area contributed by atoms with Crippen LogP contribution in [0.25, 0.3) is 22.6 Å². The molecule has 2 heterocycles. The second-order valence-corrected chi connectivity index (χ2v) is 9.93. The minimum absolute atomic E-state index is 0.0263. The van der Waals surface area contributed by atoms with Gasteiger partial charge < -0.3 is 19.9 Å². The Kier molecular flexibility index (Phi) is 6.71. The van der Waals surface area contributed by atoms with Crippen LogP contribution in [0.5, 0.6) is 5.75 Å². The number of benzene rings is 2. The van der Waals surface area contributed by atoms with Crippen LogP contribution in [0.1, 0.15) is 61.3 Å². The van der Waals surface area contributed by atoms with E-state index in [4.69, 9.17) is 19.7 Å². The van der Waals surface area contributed by atoms with Crippen molar-refractivity contribution in [3.8, 4) is 17.1 Å². The predicted octanol–water partition coefficient (Wildman–Crippen LogP) is 5.38. The number of ether oxygens (including phenoxy) is 1. The number of imidazole rings is 1. The van der Waals surface area contributed by atoms with Gasteiger partial charge in [0.25, 0.3) is 5.91 Å². The normalized spacial score (nSPS) is 16.0. The topological polar surface area (TPSA) is 94.0 Å². The molecule has 0 spiro atoms. The standard InChI is InChI=1S/C29H32N6O2/c36-29(32-22-15-16-22)21-13-11-20(12-14-21)26-33-27(30-17-18-37-24-9-5-2-6-10-24)25-28(34-26)35(19-31-25)23-7-3-1-4-8-23/h2,5-6,9-14,19,22-23H,1,3-4,7-8,15-18H2,(H,32,36)(H,30,33,34). The fourth-order valence-electron chi connectivity index (χ4n) is 4.92. The second-order valence-electron chi connectivity index (χ2n) is 9.93. The summed E-state index contributed by atoms with van der Waals surface area (Å²) in [7, 11) is 0. The van der Waals surface area contributed by atoms with E-state index in [1.807, 2.05) is 60.9 Å². The number of rotatable bonds is 9. The molecule has 2 saturated carbocycles. The number of aromatic nitrogens is 4. The van der Waals surface area contributed by atoms with E-state index < -0.39 is 0 Å². The molecule has 37 heavy (non-hydrogen) atoms. The van der Waals surface area contributed by atoms with E-state index in [2.05, 4.69) is 15.2 Å². The van der Waals surface area contributed by atoms with Gasteiger partial charge in [-0.15, -0.1) is 0 Å². The molecule has 6 rings (SSSR count). The average molecular weight is 497 g/mol. The highest BCUT2D eigenvalue weighted by Crippen LogP contribution is 2.32. The summed E-state index contributed by atoms with van der Waals surface area (Å²) in [5.74, 6) is 2.12. The van der Waals surface area contributed by atoms with Crippen LogP contribution >= 0.6 is 0 Å². The maximum atomic E-state index is 12.4. The summed E-state index contributed by atoms with van der Waals surface area (Å²) in [5, 5.41) is 6.47. The fourth-order valence-corrected chi connectivity index (χ4v) is 4.92. The van der Waals surface area contributed by atoms with Crippen molar-refractivity contribution >= 4 is 22.9 Å². The molecule has 0 radical (unpaired) electrons. The smallest absolute Gasteiger partial charge is 0.251 e. The SMILES string of the molecule is O=C(NC1CC1)c1ccc(-c2nc(NCCOc3ccccc3)c3ncn(C4CCCCC4)c3n2)cc1. The van der Waals surface area contributed by atoms with Gasteiger partial charge in [-0.3, -0.25) is 4.79 Å². The summed E-state index contributed by atoms with van der Waals surface area (Å²) in [4.78, 5) is 27.0. The lowest BCUT2D eigenvalue weighted by Crippen LogP contribution is -2.25. The Morgan fingerprint density at radius 1 is 0.946 bits per heavy atom. The van der Waals surface area contributed by atoms with Crippen LogP contribution in [0.2, 0.25) is 0 Å². The molecule has 2 aliphatic rings. The predicted molar refractivity (Wildman–Crippen MR) is 144 cm³/mol. The molecule has 2 aromatic heterocycles. The highest BCUT2D eigenvalue weighted by atomic mass is 16.5. The van der Waals surface area contributed by atoms with Crippen LogP contribution < -0.4 is 15.4 Å². The number of hydrogen-bond acceptors (Lipinski definition) is 6. The molecule has 8 heteroatoms. The molecule has 0 unspecified atom stereocenters. The van der Waals surface area contributed by atoms with Gasteiger partial charge in [0.05, 0.1) is 12.9 Å². The van der Waals surface area contributed by atoms with E-state index in [1.54, 1.807) is 0 Å². The molecule has 2 aliphatic carbocycles. The van der Waals surface area contributed by atoms with Crippen molar-refractivity contribution in [2.24, 2.45) is 0 Å². The van der Waals surface area contributed by atoms with Gasteiger partial charge in [0.1, 0.15) is 17.9 Å². The Balaban J connectivity index is 1.27. The van der Waals surface area contributed by atoms with Crippen LogP contribution in [-0.4, -0.2) is 44.6 Å². The first kappa shape index (κ1) is 23.5. The highest BCUT2D eigenvalue weighted by molar-refractivity contribution is 5.95. The van der Waals surface area contributed by atoms with E-state index >= 15 is 0 Å². The quantitative estimate of drug-likeness (QED) is 0.302. The van der Waals surface area contributed by atoms with Crippen LogP contribution in [0, 0.1) is 0 Å². The van der Waals surface area contributed by atoms with E-state index in [9.17, 15) is 4.79 Å². The minimum atomic E-state index is -0.0263. The van der Waals surface area contributed by atoms with Crippen molar-refractivity contribution in [1.82, 2.24) is 24.8 Å². The number of nitrogens with zero attached hydrogens (tertiary/aromatic N) is 4.